The Labute approximate surface area is 137 Å². The Hall–Kier alpha value is -3.20. The molecule has 0 heterocycles. The molecule has 8 nitrogen and oxygen atoms in total. The number of nitro groups is 1. The first kappa shape index (κ1) is 17.2. The molecule has 0 aliphatic heterocycles. The number of nitro benzene ring substituents is 1. The minimum atomic E-state index is -4.17. The lowest BCUT2D eigenvalue weighted by Gasteiger charge is -2.09. The molecule has 0 atom stereocenters. The van der Waals surface area contributed by atoms with Gasteiger partial charge in [-0.1, -0.05) is 24.3 Å². The summed E-state index contributed by atoms with van der Waals surface area (Å²) in [5.41, 5.74) is 0.0766. The van der Waals surface area contributed by atoms with E-state index in [1.54, 1.807) is 6.07 Å². The van der Waals surface area contributed by atoms with Crippen molar-refractivity contribution in [2.24, 2.45) is 0 Å². The number of nitrogens with one attached hydrogen (secondary N) is 1. The molecular weight excluding hydrogens is 336 g/mol. The van der Waals surface area contributed by atoms with Crippen LogP contribution in [0.5, 0.6) is 0 Å². The highest BCUT2D eigenvalue weighted by molar-refractivity contribution is 7.92. The fraction of sp³-hybridized carbons (Fsp3) is 0. The Kier molecular flexibility index (Phi) is 4.95. The lowest BCUT2D eigenvalue weighted by Crippen LogP contribution is -2.14. The van der Waals surface area contributed by atoms with Crippen molar-refractivity contribution in [3.8, 4) is 0 Å². The van der Waals surface area contributed by atoms with E-state index in [2.05, 4.69) is 4.72 Å². The molecule has 2 N–H and O–H groups in total. The van der Waals surface area contributed by atoms with Crippen LogP contribution in [0.3, 0.4) is 0 Å². The van der Waals surface area contributed by atoms with Gasteiger partial charge < -0.3 is 5.11 Å². The van der Waals surface area contributed by atoms with Gasteiger partial charge in [0.05, 0.1) is 4.92 Å². The normalized spacial score (nSPS) is 11.3. The van der Waals surface area contributed by atoms with Crippen molar-refractivity contribution in [2.75, 3.05) is 4.72 Å². The van der Waals surface area contributed by atoms with Crippen LogP contribution in [-0.2, 0) is 14.8 Å². The molecule has 0 aliphatic carbocycles. The summed E-state index contributed by atoms with van der Waals surface area (Å²) >= 11 is 0. The first-order valence-electron chi connectivity index (χ1n) is 6.57. The number of carbonyl (C=O) groups is 1. The molecule has 0 spiro atoms. The molecular formula is C15H12N2O6S. The second-order valence-electron chi connectivity index (χ2n) is 4.63. The number of nitrogens with zero attached hydrogens (tertiary/aromatic N) is 1. The Balaban J connectivity index is 2.35. The molecule has 124 valence electrons. The summed E-state index contributed by atoms with van der Waals surface area (Å²) in [5.74, 6) is -1.14. The average molecular weight is 348 g/mol. The van der Waals surface area contributed by atoms with Gasteiger partial charge in [-0.3, -0.25) is 14.8 Å². The SMILES string of the molecule is O=C(O)C=Cc1cccc(NS(=O)(=O)c2ccccc2[N+](=O)[O-])c1. The summed E-state index contributed by atoms with van der Waals surface area (Å²) in [6.07, 6.45) is 2.21. The van der Waals surface area contributed by atoms with Gasteiger partial charge in [0.25, 0.3) is 15.7 Å². The van der Waals surface area contributed by atoms with Gasteiger partial charge in [-0.25, -0.2) is 13.2 Å². The van der Waals surface area contributed by atoms with E-state index in [1.807, 2.05) is 0 Å². The number of benzene rings is 2. The third-order valence-corrected chi connectivity index (χ3v) is 4.34. The van der Waals surface area contributed by atoms with Gasteiger partial charge in [0.15, 0.2) is 4.90 Å². The van der Waals surface area contributed by atoms with Crippen molar-refractivity contribution >= 4 is 33.4 Å². The molecule has 24 heavy (non-hydrogen) atoms. The molecule has 0 aliphatic rings. The molecule has 0 aromatic heterocycles. The second-order valence-corrected chi connectivity index (χ2v) is 6.28. The van der Waals surface area contributed by atoms with Gasteiger partial charge >= 0.3 is 5.97 Å². The predicted molar refractivity (Wildman–Crippen MR) is 87.0 cm³/mol. The van der Waals surface area contributed by atoms with Gasteiger partial charge in [0, 0.05) is 17.8 Å². The van der Waals surface area contributed by atoms with Crippen molar-refractivity contribution in [3.63, 3.8) is 0 Å². The number of carboxylic acid groups (broad SMARTS) is 1. The van der Waals surface area contributed by atoms with E-state index >= 15 is 0 Å². The summed E-state index contributed by atoms with van der Waals surface area (Å²) in [4.78, 5) is 20.2. The number of sulfonamides is 1. The Morgan fingerprint density at radius 2 is 1.88 bits per heavy atom. The van der Waals surface area contributed by atoms with Crippen LogP contribution >= 0.6 is 0 Å². The van der Waals surface area contributed by atoms with Gasteiger partial charge in [-0.2, -0.15) is 0 Å². The first-order chi connectivity index (χ1) is 11.3. The number of carboxylic acids is 1. The number of aliphatic carboxylic acids is 1. The zero-order chi connectivity index (χ0) is 17.7. The fourth-order valence-electron chi connectivity index (χ4n) is 1.92. The summed E-state index contributed by atoms with van der Waals surface area (Å²) in [5, 5.41) is 19.6. The number of para-hydroxylation sites is 1. The minimum Gasteiger partial charge on any atom is -0.478 e. The van der Waals surface area contributed by atoms with Gasteiger partial charge in [0.2, 0.25) is 0 Å². The van der Waals surface area contributed by atoms with Crippen molar-refractivity contribution in [2.45, 2.75) is 4.90 Å². The Bertz CT molecular complexity index is 921. The van der Waals surface area contributed by atoms with Crippen LogP contribution in [-0.4, -0.2) is 24.4 Å². The average Bonchev–Trinajstić information content (AvgIpc) is 2.53. The number of anilines is 1. The van der Waals surface area contributed by atoms with Crippen LogP contribution in [0, 0.1) is 10.1 Å². The first-order valence-corrected chi connectivity index (χ1v) is 8.05. The van der Waals surface area contributed by atoms with E-state index < -0.39 is 31.5 Å². The van der Waals surface area contributed by atoms with Crippen LogP contribution in [0.25, 0.3) is 6.08 Å². The minimum absolute atomic E-state index is 0.153. The van der Waals surface area contributed by atoms with Crippen LogP contribution in [0.15, 0.2) is 59.5 Å². The number of hydrogen-bond acceptors (Lipinski definition) is 5. The molecule has 0 fully saturated rings. The summed E-state index contributed by atoms with van der Waals surface area (Å²) < 4.78 is 27.0. The smallest absolute Gasteiger partial charge is 0.328 e. The molecule has 0 amide bonds. The van der Waals surface area contributed by atoms with Crippen LogP contribution in [0.1, 0.15) is 5.56 Å². The standard InChI is InChI=1S/C15H12N2O6S/c18-15(19)9-8-11-4-3-5-12(10-11)16-24(22,23)14-7-2-1-6-13(14)17(20)21/h1-10,16H,(H,18,19). The topological polar surface area (TPSA) is 127 Å². The summed E-state index contributed by atoms with van der Waals surface area (Å²) in [6, 6.07) is 11.0. The Morgan fingerprint density at radius 1 is 1.17 bits per heavy atom. The van der Waals surface area contributed by atoms with Gasteiger partial charge in [-0.15, -0.1) is 0 Å². The van der Waals surface area contributed by atoms with E-state index in [-0.39, 0.29) is 5.69 Å². The van der Waals surface area contributed by atoms with E-state index in [0.717, 1.165) is 18.2 Å². The lowest BCUT2D eigenvalue weighted by atomic mass is 10.2. The molecule has 0 radical (unpaired) electrons. The number of rotatable bonds is 6. The molecule has 2 rings (SSSR count). The highest BCUT2D eigenvalue weighted by Gasteiger charge is 2.25. The van der Waals surface area contributed by atoms with Crippen LogP contribution in [0.4, 0.5) is 11.4 Å². The molecule has 2 aromatic carbocycles. The molecule has 2 aromatic rings. The molecule has 0 unspecified atom stereocenters. The predicted octanol–water partition coefficient (Wildman–Crippen LogP) is 2.49. The lowest BCUT2D eigenvalue weighted by molar-refractivity contribution is -0.387. The molecule has 0 bridgehead atoms. The van der Waals surface area contributed by atoms with Gasteiger partial charge in [0.1, 0.15) is 0 Å². The Morgan fingerprint density at radius 3 is 2.54 bits per heavy atom. The van der Waals surface area contributed by atoms with E-state index in [4.69, 9.17) is 5.11 Å². The quantitative estimate of drug-likeness (QED) is 0.469. The maximum absolute atomic E-state index is 12.4. The second kappa shape index (κ2) is 6.92. The van der Waals surface area contributed by atoms with E-state index in [9.17, 15) is 23.3 Å². The van der Waals surface area contributed by atoms with Crippen molar-refractivity contribution in [1.82, 2.24) is 0 Å². The third-order valence-electron chi connectivity index (χ3n) is 2.91. The zero-order valence-electron chi connectivity index (χ0n) is 12.1. The molecule has 9 heteroatoms. The van der Waals surface area contributed by atoms with E-state index in [0.29, 0.717) is 5.56 Å². The summed E-state index contributed by atoms with van der Waals surface area (Å²) in [6.45, 7) is 0. The third kappa shape index (κ3) is 4.17. The summed E-state index contributed by atoms with van der Waals surface area (Å²) in [7, 11) is -4.17. The monoisotopic (exact) mass is 348 g/mol. The van der Waals surface area contributed by atoms with Crippen molar-refractivity contribution in [1.29, 1.82) is 0 Å². The highest BCUT2D eigenvalue weighted by Crippen LogP contribution is 2.25. The maximum Gasteiger partial charge on any atom is 0.328 e. The maximum atomic E-state index is 12.4. The fourth-order valence-corrected chi connectivity index (χ4v) is 3.14. The van der Waals surface area contributed by atoms with Crippen molar-refractivity contribution in [3.05, 3.63) is 70.3 Å². The number of hydrogen-bond donors (Lipinski definition) is 2. The molecule has 0 saturated carbocycles. The highest BCUT2D eigenvalue weighted by atomic mass is 32.2. The van der Waals surface area contributed by atoms with E-state index in [1.165, 1.54) is 36.4 Å². The largest absolute Gasteiger partial charge is 0.478 e. The van der Waals surface area contributed by atoms with Gasteiger partial charge in [-0.05, 0) is 29.8 Å². The van der Waals surface area contributed by atoms with Crippen LogP contribution in [0.2, 0.25) is 0 Å². The zero-order valence-corrected chi connectivity index (χ0v) is 12.9. The van der Waals surface area contributed by atoms with Crippen molar-refractivity contribution < 1.29 is 23.2 Å². The van der Waals surface area contributed by atoms with Crippen LogP contribution < -0.4 is 4.72 Å². The molecule has 0 saturated heterocycles.